The number of benzene rings is 1. The molecule has 0 saturated heterocycles. The van der Waals surface area contributed by atoms with Crippen LogP contribution in [-0.2, 0) is 0 Å². The SMILES string of the molecule is Brc1ccc2c(c1)[nH]c1cccnc12. The summed E-state index contributed by atoms with van der Waals surface area (Å²) in [5.74, 6) is 0. The van der Waals surface area contributed by atoms with E-state index in [1.165, 1.54) is 5.39 Å². The van der Waals surface area contributed by atoms with Gasteiger partial charge >= 0.3 is 0 Å². The van der Waals surface area contributed by atoms with Crippen LogP contribution in [0.25, 0.3) is 21.9 Å². The van der Waals surface area contributed by atoms with Crippen LogP contribution in [0.2, 0.25) is 0 Å². The molecule has 3 rings (SSSR count). The highest BCUT2D eigenvalue weighted by molar-refractivity contribution is 9.10. The average Bonchev–Trinajstić information content (AvgIpc) is 2.54. The lowest BCUT2D eigenvalue weighted by atomic mass is 10.2. The van der Waals surface area contributed by atoms with Crippen molar-refractivity contribution in [2.45, 2.75) is 0 Å². The van der Waals surface area contributed by atoms with E-state index in [0.29, 0.717) is 0 Å². The van der Waals surface area contributed by atoms with Crippen molar-refractivity contribution in [2.24, 2.45) is 0 Å². The van der Waals surface area contributed by atoms with Gasteiger partial charge in [0.1, 0.15) is 0 Å². The molecule has 0 atom stereocenters. The average molecular weight is 247 g/mol. The molecule has 0 fully saturated rings. The van der Waals surface area contributed by atoms with E-state index in [2.05, 4.69) is 38.0 Å². The maximum absolute atomic E-state index is 4.35. The van der Waals surface area contributed by atoms with E-state index < -0.39 is 0 Å². The summed E-state index contributed by atoms with van der Waals surface area (Å²) in [5, 5.41) is 1.17. The summed E-state index contributed by atoms with van der Waals surface area (Å²) in [4.78, 5) is 7.68. The highest BCUT2D eigenvalue weighted by Gasteiger charge is 2.03. The predicted molar refractivity (Wildman–Crippen MR) is 61.3 cm³/mol. The lowest BCUT2D eigenvalue weighted by Crippen LogP contribution is -1.71. The van der Waals surface area contributed by atoms with E-state index in [1.54, 1.807) is 0 Å². The molecule has 0 aliphatic carbocycles. The molecule has 0 saturated carbocycles. The van der Waals surface area contributed by atoms with Crippen molar-refractivity contribution in [2.75, 3.05) is 0 Å². The van der Waals surface area contributed by atoms with E-state index in [9.17, 15) is 0 Å². The van der Waals surface area contributed by atoms with Gasteiger partial charge in [-0.2, -0.15) is 0 Å². The van der Waals surface area contributed by atoms with E-state index in [4.69, 9.17) is 0 Å². The topological polar surface area (TPSA) is 28.7 Å². The standard InChI is InChI=1S/C11H7BrN2/c12-7-3-4-8-10(6-7)14-9-2-1-5-13-11(8)9/h1-6,14H. The van der Waals surface area contributed by atoms with Crippen LogP contribution in [0.3, 0.4) is 0 Å². The fraction of sp³-hybridized carbons (Fsp3) is 0. The molecule has 0 aliphatic heterocycles. The second kappa shape index (κ2) is 2.82. The second-order valence-electron chi connectivity index (χ2n) is 3.21. The number of aromatic amines is 1. The third-order valence-corrected chi connectivity index (χ3v) is 2.81. The Labute approximate surface area is 89.1 Å². The van der Waals surface area contributed by atoms with Crippen LogP contribution in [0.15, 0.2) is 41.0 Å². The number of aromatic nitrogens is 2. The van der Waals surface area contributed by atoms with Gasteiger partial charge in [-0.3, -0.25) is 4.98 Å². The van der Waals surface area contributed by atoms with E-state index in [-0.39, 0.29) is 0 Å². The molecule has 0 bridgehead atoms. The molecule has 68 valence electrons. The number of H-pyrrole nitrogens is 1. The Morgan fingerprint density at radius 3 is 3.00 bits per heavy atom. The van der Waals surface area contributed by atoms with Gasteiger partial charge in [-0.1, -0.05) is 15.9 Å². The Balaban J connectivity index is 2.57. The van der Waals surface area contributed by atoms with Gasteiger partial charge in [0.25, 0.3) is 0 Å². The zero-order valence-electron chi connectivity index (χ0n) is 7.29. The fourth-order valence-corrected chi connectivity index (χ4v) is 2.05. The maximum atomic E-state index is 4.35. The molecule has 14 heavy (non-hydrogen) atoms. The van der Waals surface area contributed by atoms with Crippen LogP contribution in [0.5, 0.6) is 0 Å². The first-order valence-corrected chi connectivity index (χ1v) is 5.16. The maximum Gasteiger partial charge on any atom is 0.0957 e. The first kappa shape index (κ1) is 8.00. The van der Waals surface area contributed by atoms with E-state index >= 15 is 0 Å². The minimum atomic E-state index is 1.04. The molecular formula is C11H7BrN2. The molecule has 3 aromatic rings. The zero-order valence-corrected chi connectivity index (χ0v) is 8.88. The molecular weight excluding hydrogens is 240 g/mol. The monoisotopic (exact) mass is 246 g/mol. The minimum Gasteiger partial charge on any atom is -0.353 e. The molecule has 2 nitrogen and oxygen atoms in total. The quantitative estimate of drug-likeness (QED) is 0.647. The van der Waals surface area contributed by atoms with E-state index in [1.807, 2.05) is 24.4 Å². The zero-order chi connectivity index (χ0) is 9.54. The summed E-state index contributed by atoms with van der Waals surface area (Å²) in [6.45, 7) is 0. The molecule has 2 aromatic heterocycles. The summed E-state index contributed by atoms with van der Waals surface area (Å²) in [6, 6.07) is 10.1. The largest absolute Gasteiger partial charge is 0.353 e. The van der Waals surface area contributed by atoms with E-state index in [0.717, 1.165) is 21.0 Å². The van der Waals surface area contributed by atoms with Crippen molar-refractivity contribution in [1.29, 1.82) is 0 Å². The molecule has 1 aromatic carbocycles. The molecule has 0 unspecified atom stereocenters. The number of fused-ring (bicyclic) bond motifs is 3. The normalized spacial score (nSPS) is 11.2. The van der Waals surface area contributed by atoms with Crippen LogP contribution in [-0.4, -0.2) is 9.97 Å². The van der Waals surface area contributed by atoms with Crippen molar-refractivity contribution in [3.8, 4) is 0 Å². The Morgan fingerprint density at radius 2 is 2.07 bits per heavy atom. The Hall–Kier alpha value is -1.35. The lowest BCUT2D eigenvalue weighted by molar-refractivity contribution is 1.42. The molecule has 0 spiro atoms. The molecule has 0 aliphatic rings. The Bertz CT molecular complexity index is 613. The lowest BCUT2D eigenvalue weighted by Gasteiger charge is -1.90. The van der Waals surface area contributed by atoms with Crippen molar-refractivity contribution < 1.29 is 0 Å². The molecule has 3 heteroatoms. The number of nitrogens with zero attached hydrogens (tertiary/aromatic N) is 1. The van der Waals surface area contributed by atoms with Gasteiger partial charge in [0, 0.05) is 21.6 Å². The van der Waals surface area contributed by atoms with Gasteiger partial charge in [-0.25, -0.2) is 0 Å². The van der Waals surface area contributed by atoms with Gasteiger partial charge in [0.2, 0.25) is 0 Å². The summed E-state index contributed by atoms with van der Waals surface area (Å²) < 4.78 is 1.08. The van der Waals surface area contributed by atoms with Gasteiger partial charge in [-0.15, -0.1) is 0 Å². The van der Waals surface area contributed by atoms with Crippen LogP contribution in [0.4, 0.5) is 0 Å². The van der Waals surface area contributed by atoms with Crippen LogP contribution < -0.4 is 0 Å². The van der Waals surface area contributed by atoms with Crippen LogP contribution >= 0.6 is 15.9 Å². The van der Waals surface area contributed by atoms with Crippen molar-refractivity contribution in [3.63, 3.8) is 0 Å². The molecule has 2 heterocycles. The first-order chi connectivity index (χ1) is 6.84. The van der Waals surface area contributed by atoms with Crippen molar-refractivity contribution in [1.82, 2.24) is 9.97 Å². The smallest absolute Gasteiger partial charge is 0.0957 e. The minimum absolute atomic E-state index is 1.04. The number of nitrogens with one attached hydrogen (secondary N) is 1. The highest BCUT2D eigenvalue weighted by Crippen LogP contribution is 2.25. The number of hydrogen-bond acceptors (Lipinski definition) is 1. The number of rotatable bonds is 0. The summed E-state index contributed by atoms with van der Waals surface area (Å²) in [7, 11) is 0. The Morgan fingerprint density at radius 1 is 1.14 bits per heavy atom. The van der Waals surface area contributed by atoms with Gasteiger partial charge < -0.3 is 4.98 Å². The highest BCUT2D eigenvalue weighted by atomic mass is 79.9. The molecule has 0 radical (unpaired) electrons. The Kier molecular flexibility index (Phi) is 1.61. The first-order valence-electron chi connectivity index (χ1n) is 4.36. The molecule has 1 N–H and O–H groups in total. The number of halogens is 1. The van der Waals surface area contributed by atoms with Gasteiger partial charge in [0.15, 0.2) is 0 Å². The third kappa shape index (κ3) is 1.06. The van der Waals surface area contributed by atoms with Crippen LogP contribution in [0, 0.1) is 0 Å². The summed E-state index contributed by atoms with van der Waals surface area (Å²) in [6.07, 6.45) is 1.82. The van der Waals surface area contributed by atoms with Gasteiger partial charge in [-0.05, 0) is 30.3 Å². The molecule has 0 amide bonds. The van der Waals surface area contributed by atoms with Crippen molar-refractivity contribution in [3.05, 3.63) is 41.0 Å². The predicted octanol–water partition coefficient (Wildman–Crippen LogP) is 3.48. The number of hydrogen-bond donors (Lipinski definition) is 1. The summed E-state index contributed by atoms with van der Waals surface area (Å²) in [5.41, 5.74) is 3.24. The van der Waals surface area contributed by atoms with Crippen molar-refractivity contribution >= 4 is 37.9 Å². The summed E-state index contributed by atoms with van der Waals surface area (Å²) >= 11 is 3.45. The second-order valence-corrected chi connectivity index (χ2v) is 4.13. The van der Waals surface area contributed by atoms with Crippen LogP contribution in [0.1, 0.15) is 0 Å². The number of pyridine rings is 1. The fourth-order valence-electron chi connectivity index (χ4n) is 1.69. The van der Waals surface area contributed by atoms with Gasteiger partial charge in [0.05, 0.1) is 11.0 Å². The third-order valence-electron chi connectivity index (χ3n) is 2.31.